The molecule has 5 nitrogen and oxygen atoms in total. The van der Waals surface area contributed by atoms with Gasteiger partial charge in [0.15, 0.2) is 5.13 Å². The Hall–Kier alpha value is -0.850. The molecule has 0 radical (unpaired) electrons. The smallest absolute Gasteiger partial charge is 0.230 e. The Labute approximate surface area is 132 Å². The monoisotopic (exact) mass is 312 g/mol. The SMILES string of the molecule is COc1nc(N(C)C)sc1CNCCN1CCCCCC1. The predicted octanol–water partition coefficient (Wildman–Crippen LogP) is 2.18. The molecule has 0 spiro atoms. The Morgan fingerprint density at radius 3 is 2.57 bits per heavy atom. The Bertz CT molecular complexity index is 414. The Kier molecular flexibility index (Phi) is 6.73. The fraction of sp³-hybridized carbons (Fsp3) is 0.800. The number of hydrogen-bond donors (Lipinski definition) is 1. The van der Waals surface area contributed by atoms with Gasteiger partial charge in [-0.3, -0.25) is 0 Å². The van der Waals surface area contributed by atoms with Crippen molar-refractivity contribution in [1.29, 1.82) is 0 Å². The summed E-state index contributed by atoms with van der Waals surface area (Å²) in [6.45, 7) is 5.52. The lowest BCUT2D eigenvalue weighted by Gasteiger charge is -2.19. The predicted molar refractivity (Wildman–Crippen MR) is 89.6 cm³/mol. The number of methoxy groups -OCH3 is 1. The molecule has 6 heteroatoms. The van der Waals surface area contributed by atoms with Gasteiger partial charge in [-0.05, 0) is 25.9 Å². The van der Waals surface area contributed by atoms with Crippen molar-refractivity contribution in [3.8, 4) is 5.88 Å². The highest BCUT2D eigenvalue weighted by Crippen LogP contribution is 2.30. The van der Waals surface area contributed by atoms with Gasteiger partial charge < -0.3 is 19.9 Å². The largest absolute Gasteiger partial charge is 0.480 e. The van der Waals surface area contributed by atoms with E-state index in [4.69, 9.17) is 4.74 Å². The van der Waals surface area contributed by atoms with E-state index in [1.807, 2.05) is 19.0 Å². The van der Waals surface area contributed by atoms with Crippen molar-refractivity contribution in [2.75, 3.05) is 52.3 Å². The highest BCUT2D eigenvalue weighted by atomic mass is 32.1. The second-order valence-electron chi connectivity index (χ2n) is 5.76. The van der Waals surface area contributed by atoms with E-state index in [0.29, 0.717) is 0 Å². The summed E-state index contributed by atoms with van der Waals surface area (Å²) >= 11 is 1.70. The minimum absolute atomic E-state index is 0.756. The summed E-state index contributed by atoms with van der Waals surface area (Å²) in [6, 6.07) is 0. The molecule has 1 aliphatic rings. The zero-order chi connectivity index (χ0) is 15.1. The van der Waals surface area contributed by atoms with E-state index in [2.05, 4.69) is 15.2 Å². The van der Waals surface area contributed by atoms with E-state index in [-0.39, 0.29) is 0 Å². The molecule has 0 saturated carbocycles. The van der Waals surface area contributed by atoms with Crippen molar-refractivity contribution >= 4 is 16.5 Å². The first-order valence-electron chi connectivity index (χ1n) is 7.85. The number of anilines is 1. The van der Waals surface area contributed by atoms with E-state index in [9.17, 15) is 0 Å². The first-order valence-corrected chi connectivity index (χ1v) is 8.66. The van der Waals surface area contributed by atoms with Crippen molar-refractivity contribution < 1.29 is 4.74 Å². The van der Waals surface area contributed by atoms with Gasteiger partial charge in [-0.15, -0.1) is 0 Å². The van der Waals surface area contributed by atoms with Crippen molar-refractivity contribution in [2.45, 2.75) is 32.2 Å². The molecular formula is C15H28N4OS. The second kappa shape index (κ2) is 8.56. The molecule has 1 N–H and O–H groups in total. The minimum atomic E-state index is 0.756. The van der Waals surface area contributed by atoms with Gasteiger partial charge in [0.25, 0.3) is 0 Å². The Morgan fingerprint density at radius 2 is 1.95 bits per heavy atom. The van der Waals surface area contributed by atoms with E-state index >= 15 is 0 Å². The molecule has 1 aliphatic heterocycles. The molecule has 0 unspecified atom stereocenters. The quantitative estimate of drug-likeness (QED) is 0.782. The van der Waals surface area contributed by atoms with Gasteiger partial charge >= 0.3 is 0 Å². The van der Waals surface area contributed by atoms with Crippen molar-refractivity contribution in [3.05, 3.63) is 4.88 Å². The third-order valence-corrected chi connectivity index (χ3v) is 5.02. The van der Waals surface area contributed by atoms with Gasteiger partial charge in [-0.25, -0.2) is 0 Å². The number of thiazole rings is 1. The third-order valence-electron chi connectivity index (χ3n) is 3.82. The lowest BCUT2D eigenvalue weighted by molar-refractivity contribution is 0.284. The average Bonchev–Trinajstić information content (AvgIpc) is 2.71. The van der Waals surface area contributed by atoms with Crippen LogP contribution in [0.2, 0.25) is 0 Å². The summed E-state index contributed by atoms with van der Waals surface area (Å²) in [5.74, 6) is 0.756. The van der Waals surface area contributed by atoms with Crippen LogP contribution >= 0.6 is 11.3 Å². The molecule has 0 aromatic carbocycles. The second-order valence-corrected chi connectivity index (χ2v) is 6.82. The topological polar surface area (TPSA) is 40.6 Å². The summed E-state index contributed by atoms with van der Waals surface area (Å²) in [5, 5.41) is 4.52. The first kappa shape index (κ1) is 16.5. The maximum Gasteiger partial charge on any atom is 0.230 e. The number of nitrogens with zero attached hydrogens (tertiary/aromatic N) is 3. The number of hydrogen-bond acceptors (Lipinski definition) is 6. The van der Waals surface area contributed by atoms with Crippen LogP contribution in [0, 0.1) is 0 Å². The highest BCUT2D eigenvalue weighted by Gasteiger charge is 2.13. The zero-order valence-corrected chi connectivity index (χ0v) is 14.3. The lowest BCUT2D eigenvalue weighted by Crippen LogP contribution is -2.32. The van der Waals surface area contributed by atoms with Gasteiger partial charge in [0.05, 0.1) is 12.0 Å². The van der Waals surface area contributed by atoms with Gasteiger partial charge in [-0.2, -0.15) is 4.98 Å². The van der Waals surface area contributed by atoms with Gasteiger partial charge in [0.1, 0.15) is 0 Å². The summed E-state index contributed by atoms with van der Waals surface area (Å²) < 4.78 is 5.36. The number of aromatic nitrogens is 1. The lowest BCUT2D eigenvalue weighted by atomic mass is 10.2. The van der Waals surface area contributed by atoms with Crippen LogP contribution in [0.15, 0.2) is 0 Å². The van der Waals surface area contributed by atoms with Crippen LogP contribution < -0.4 is 15.0 Å². The molecule has 0 amide bonds. The molecule has 1 fully saturated rings. The van der Waals surface area contributed by atoms with Crippen LogP contribution in [-0.2, 0) is 6.54 Å². The number of rotatable bonds is 7. The van der Waals surface area contributed by atoms with Crippen molar-refractivity contribution in [3.63, 3.8) is 0 Å². The van der Waals surface area contributed by atoms with Gasteiger partial charge in [0.2, 0.25) is 5.88 Å². The van der Waals surface area contributed by atoms with Crippen molar-refractivity contribution in [1.82, 2.24) is 15.2 Å². The van der Waals surface area contributed by atoms with Gasteiger partial charge in [-0.1, -0.05) is 24.2 Å². The van der Waals surface area contributed by atoms with Crippen molar-refractivity contribution in [2.24, 2.45) is 0 Å². The van der Waals surface area contributed by atoms with E-state index in [0.717, 1.165) is 30.6 Å². The van der Waals surface area contributed by atoms with Crippen LogP contribution in [-0.4, -0.2) is 57.3 Å². The Morgan fingerprint density at radius 1 is 1.24 bits per heavy atom. The molecule has 21 heavy (non-hydrogen) atoms. The highest BCUT2D eigenvalue weighted by molar-refractivity contribution is 7.15. The molecule has 0 atom stereocenters. The molecule has 0 bridgehead atoms. The van der Waals surface area contributed by atoms with E-state index < -0.39 is 0 Å². The minimum Gasteiger partial charge on any atom is -0.480 e. The normalized spacial score (nSPS) is 16.7. The standard InChI is InChI=1S/C15H28N4OS/c1-18(2)15-17-14(20-3)13(21-15)12-16-8-11-19-9-6-4-5-7-10-19/h16H,4-12H2,1-3H3. The number of nitrogens with one attached hydrogen (secondary N) is 1. The first-order chi connectivity index (χ1) is 10.2. The molecule has 120 valence electrons. The van der Waals surface area contributed by atoms with Gasteiger partial charge in [0, 0.05) is 33.7 Å². The van der Waals surface area contributed by atoms with E-state index in [1.165, 1.54) is 43.6 Å². The Balaban J connectivity index is 1.75. The average molecular weight is 312 g/mol. The summed E-state index contributed by atoms with van der Waals surface area (Å²) in [7, 11) is 5.71. The maximum absolute atomic E-state index is 5.36. The van der Waals surface area contributed by atoms with Crippen LogP contribution in [0.5, 0.6) is 5.88 Å². The fourth-order valence-electron chi connectivity index (χ4n) is 2.59. The number of likely N-dealkylation sites (tertiary alicyclic amines) is 1. The molecule has 1 aromatic heterocycles. The fourth-order valence-corrected chi connectivity index (χ4v) is 3.51. The van der Waals surface area contributed by atoms with Crippen LogP contribution in [0.25, 0.3) is 0 Å². The summed E-state index contributed by atoms with van der Waals surface area (Å²) in [6.07, 6.45) is 5.51. The molecule has 0 aliphatic carbocycles. The number of ether oxygens (including phenoxy) is 1. The van der Waals surface area contributed by atoms with Crippen LogP contribution in [0.4, 0.5) is 5.13 Å². The zero-order valence-electron chi connectivity index (χ0n) is 13.5. The molecule has 2 rings (SSSR count). The van der Waals surface area contributed by atoms with Crippen LogP contribution in [0.1, 0.15) is 30.6 Å². The summed E-state index contributed by atoms with van der Waals surface area (Å²) in [5.41, 5.74) is 0. The molecule has 2 heterocycles. The molecule has 1 aromatic rings. The third kappa shape index (κ3) is 5.13. The maximum atomic E-state index is 5.36. The summed E-state index contributed by atoms with van der Waals surface area (Å²) in [4.78, 5) is 10.3. The molecular weight excluding hydrogens is 284 g/mol. The van der Waals surface area contributed by atoms with Crippen LogP contribution in [0.3, 0.4) is 0 Å². The molecule has 1 saturated heterocycles. The van der Waals surface area contributed by atoms with E-state index in [1.54, 1.807) is 18.4 Å².